The number of hydrogen-bond donors (Lipinski definition) is 2. The first-order valence-corrected chi connectivity index (χ1v) is 6.08. The highest BCUT2D eigenvalue weighted by Gasteiger charge is 2.24. The highest BCUT2D eigenvalue weighted by atomic mass is 35.5. The summed E-state index contributed by atoms with van der Waals surface area (Å²) in [6.45, 7) is 2.17. The second-order valence-electron chi connectivity index (χ2n) is 4.27. The van der Waals surface area contributed by atoms with E-state index in [0.29, 0.717) is 17.5 Å². The van der Waals surface area contributed by atoms with Crippen LogP contribution in [0.25, 0.3) is 0 Å². The van der Waals surface area contributed by atoms with Crippen LogP contribution in [0.1, 0.15) is 6.42 Å². The van der Waals surface area contributed by atoms with Gasteiger partial charge in [0, 0.05) is 23.8 Å². The average molecular weight is 254 g/mol. The number of nitrogens with zero attached hydrogens (tertiary/aromatic N) is 1. The third-order valence-electron chi connectivity index (χ3n) is 3.00. The molecule has 2 amide bonds. The summed E-state index contributed by atoms with van der Waals surface area (Å²) in [6.07, 6.45) is 0.991. The number of carbonyl (C=O) groups is 1. The van der Waals surface area contributed by atoms with E-state index in [2.05, 4.69) is 5.32 Å². The van der Waals surface area contributed by atoms with E-state index in [0.717, 1.165) is 25.2 Å². The largest absolute Gasteiger partial charge is 0.330 e. The SMILES string of the molecule is NCC1CCN(C(=O)Nc2ccc(Cl)cc2)C1. The Morgan fingerprint density at radius 2 is 2.18 bits per heavy atom. The van der Waals surface area contributed by atoms with Gasteiger partial charge in [-0.25, -0.2) is 4.79 Å². The van der Waals surface area contributed by atoms with Crippen LogP contribution in [0.5, 0.6) is 0 Å². The zero-order chi connectivity index (χ0) is 12.3. The molecule has 1 atom stereocenters. The van der Waals surface area contributed by atoms with Crippen molar-refractivity contribution in [3.05, 3.63) is 29.3 Å². The molecule has 5 heteroatoms. The minimum absolute atomic E-state index is 0.0664. The van der Waals surface area contributed by atoms with Crippen LogP contribution in [0.3, 0.4) is 0 Å². The lowest BCUT2D eigenvalue weighted by molar-refractivity contribution is 0.221. The van der Waals surface area contributed by atoms with E-state index in [1.807, 2.05) is 0 Å². The lowest BCUT2D eigenvalue weighted by atomic mass is 10.1. The molecule has 0 aliphatic carbocycles. The molecule has 2 rings (SSSR count). The standard InChI is InChI=1S/C12H16ClN3O/c13-10-1-3-11(4-2-10)15-12(17)16-6-5-9(7-14)8-16/h1-4,9H,5-8,14H2,(H,15,17). The van der Waals surface area contributed by atoms with Crippen LogP contribution in [0.15, 0.2) is 24.3 Å². The fraction of sp³-hybridized carbons (Fsp3) is 0.417. The smallest absolute Gasteiger partial charge is 0.321 e. The number of rotatable bonds is 2. The van der Waals surface area contributed by atoms with Gasteiger partial charge in [0.2, 0.25) is 0 Å². The Morgan fingerprint density at radius 3 is 2.76 bits per heavy atom. The molecular formula is C12H16ClN3O. The first kappa shape index (κ1) is 12.2. The predicted octanol–water partition coefficient (Wildman–Crippen LogP) is 2.15. The maximum Gasteiger partial charge on any atom is 0.321 e. The van der Waals surface area contributed by atoms with Crippen molar-refractivity contribution in [3.8, 4) is 0 Å². The number of hydrogen-bond acceptors (Lipinski definition) is 2. The summed E-state index contributed by atoms with van der Waals surface area (Å²) in [4.78, 5) is 13.7. The van der Waals surface area contributed by atoms with Crippen LogP contribution in [0.2, 0.25) is 5.02 Å². The molecule has 17 heavy (non-hydrogen) atoms. The molecule has 4 nitrogen and oxygen atoms in total. The molecule has 1 aromatic rings. The molecule has 1 fully saturated rings. The van der Waals surface area contributed by atoms with Gasteiger partial charge in [0.15, 0.2) is 0 Å². The molecule has 0 radical (unpaired) electrons. The van der Waals surface area contributed by atoms with E-state index in [1.54, 1.807) is 29.2 Å². The quantitative estimate of drug-likeness (QED) is 0.849. The van der Waals surface area contributed by atoms with Gasteiger partial charge in [-0.15, -0.1) is 0 Å². The molecular weight excluding hydrogens is 238 g/mol. The molecule has 1 saturated heterocycles. The van der Waals surface area contributed by atoms with Crippen LogP contribution in [-0.4, -0.2) is 30.6 Å². The van der Waals surface area contributed by atoms with Gasteiger partial charge < -0.3 is 16.0 Å². The topological polar surface area (TPSA) is 58.4 Å². The molecule has 0 aromatic heterocycles. The molecule has 0 saturated carbocycles. The first-order chi connectivity index (χ1) is 8.19. The van der Waals surface area contributed by atoms with Crippen molar-refractivity contribution >= 4 is 23.3 Å². The Hall–Kier alpha value is -1.26. The van der Waals surface area contributed by atoms with Gasteiger partial charge in [0.1, 0.15) is 0 Å². The fourth-order valence-corrected chi connectivity index (χ4v) is 2.07. The van der Waals surface area contributed by atoms with Crippen molar-refractivity contribution in [3.63, 3.8) is 0 Å². The van der Waals surface area contributed by atoms with Crippen molar-refractivity contribution in [2.75, 3.05) is 25.0 Å². The molecule has 1 aromatic carbocycles. The van der Waals surface area contributed by atoms with Crippen molar-refractivity contribution in [1.29, 1.82) is 0 Å². The minimum atomic E-state index is -0.0664. The van der Waals surface area contributed by atoms with E-state index >= 15 is 0 Å². The Labute approximate surface area is 106 Å². The van der Waals surface area contributed by atoms with Gasteiger partial charge in [-0.2, -0.15) is 0 Å². The van der Waals surface area contributed by atoms with Crippen LogP contribution >= 0.6 is 11.6 Å². The third-order valence-corrected chi connectivity index (χ3v) is 3.25. The number of nitrogens with two attached hydrogens (primary N) is 1. The lowest BCUT2D eigenvalue weighted by Crippen LogP contribution is -2.33. The van der Waals surface area contributed by atoms with E-state index in [1.165, 1.54) is 0 Å². The highest BCUT2D eigenvalue weighted by molar-refractivity contribution is 6.30. The number of nitrogens with one attached hydrogen (secondary N) is 1. The molecule has 1 aliphatic heterocycles. The third kappa shape index (κ3) is 3.11. The number of amides is 2. The Kier molecular flexibility index (Phi) is 3.86. The van der Waals surface area contributed by atoms with Crippen molar-refractivity contribution in [2.24, 2.45) is 11.7 Å². The van der Waals surface area contributed by atoms with Crippen LogP contribution in [0.4, 0.5) is 10.5 Å². The molecule has 92 valence electrons. The van der Waals surface area contributed by atoms with Gasteiger partial charge in [-0.1, -0.05) is 11.6 Å². The van der Waals surface area contributed by atoms with Gasteiger partial charge >= 0.3 is 6.03 Å². The number of carbonyl (C=O) groups excluding carboxylic acids is 1. The maximum absolute atomic E-state index is 11.9. The highest BCUT2D eigenvalue weighted by Crippen LogP contribution is 2.18. The first-order valence-electron chi connectivity index (χ1n) is 5.70. The maximum atomic E-state index is 11.9. The van der Waals surface area contributed by atoms with Crippen molar-refractivity contribution in [1.82, 2.24) is 4.90 Å². The molecule has 0 spiro atoms. The zero-order valence-corrected chi connectivity index (χ0v) is 10.3. The van der Waals surface area contributed by atoms with Crippen LogP contribution < -0.4 is 11.1 Å². The number of urea groups is 1. The van der Waals surface area contributed by atoms with Crippen molar-refractivity contribution < 1.29 is 4.79 Å². The molecule has 3 N–H and O–H groups in total. The normalized spacial score (nSPS) is 19.4. The number of halogens is 1. The summed E-state index contributed by atoms with van der Waals surface area (Å²) < 4.78 is 0. The summed E-state index contributed by atoms with van der Waals surface area (Å²) in [6, 6.07) is 7.02. The van der Waals surface area contributed by atoms with Crippen LogP contribution in [-0.2, 0) is 0 Å². The van der Waals surface area contributed by atoms with E-state index in [-0.39, 0.29) is 6.03 Å². The van der Waals surface area contributed by atoms with Crippen molar-refractivity contribution in [2.45, 2.75) is 6.42 Å². The average Bonchev–Trinajstić information content (AvgIpc) is 2.81. The molecule has 1 heterocycles. The van der Waals surface area contributed by atoms with E-state index in [4.69, 9.17) is 17.3 Å². The van der Waals surface area contributed by atoms with Gasteiger partial charge in [-0.05, 0) is 43.1 Å². The molecule has 0 bridgehead atoms. The number of likely N-dealkylation sites (tertiary alicyclic amines) is 1. The van der Waals surface area contributed by atoms with Gasteiger partial charge in [0.25, 0.3) is 0 Å². The number of anilines is 1. The van der Waals surface area contributed by atoms with Gasteiger partial charge in [0.05, 0.1) is 0 Å². The Bertz CT molecular complexity index is 393. The summed E-state index contributed by atoms with van der Waals surface area (Å²) in [5.74, 6) is 0.436. The zero-order valence-electron chi connectivity index (χ0n) is 9.53. The summed E-state index contributed by atoms with van der Waals surface area (Å²) in [5, 5.41) is 3.50. The monoisotopic (exact) mass is 253 g/mol. The Balaban J connectivity index is 1.91. The predicted molar refractivity (Wildman–Crippen MR) is 69.2 cm³/mol. The summed E-state index contributed by atoms with van der Waals surface area (Å²) >= 11 is 5.78. The summed E-state index contributed by atoms with van der Waals surface area (Å²) in [7, 11) is 0. The van der Waals surface area contributed by atoms with E-state index in [9.17, 15) is 4.79 Å². The fourth-order valence-electron chi connectivity index (χ4n) is 1.95. The minimum Gasteiger partial charge on any atom is -0.330 e. The summed E-state index contributed by atoms with van der Waals surface area (Å²) in [5.41, 5.74) is 6.35. The van der Waals surface area contributed by atoms with Crippen LogP contribution in [0, 0.1) is 5.92 Å². The second-order valence-corrected chi connectivity index (χ2v) is 4.71. The second kappa shape index (κ2) is 5.38. The molecule has 1 aliphatic rings. The number of benzene rings is 1. The van der Waals surface area contributed by atoms with Gasteiger partial charge in [-0.3, -0.25) is 0 Å². The van der Waals surface area contributed by atoms with E-state index < -0.39 is 0 Å². The lowest BCUT2D eigenvalue weighted by Gasteiger charge is -2.17. The molecule has 1 unspecified atom stereocenters. The Morgan fingerprint density at radius 1 is 1.47 bits per heavy atom.